The first-order valence-corrected chi connectivity index (χ1v) is 7.75. The number of nitrogens with one attached hydrogen (secondary N) is 1. The van der Waals surface area contributed by atoms with Crippen LogP contribution in [0.3, 0.4) is 0 Å². The lowest BCUT2D eigenvalue weighted by Crippen LogP contribution is -2.35. The van der Waals surface area contributed by atoms with Crippen LogP contribution in [0.2, 0.25) is 0 Å². The highest BCUT2D eigenvalue weighted by molar-refractivity contribution is 5.67. The predicted octanol–water partition coefficient (Wildman–Crippen LogP) is 2.40. The van der Waals surface area contributed by atoms with Crippen molar-refractivity contribution >= 4 is 6.09 Å². The number of carbonyl (C=O) groups excluding carboxylic acids is 1. The largest absolute Gasteiger partial charge is 0.444 e. The van der Waals surface area contributed by atoms with Crippen molar-refractivity contribution in [3.05, 3.63) is 35.9 Å². The van der Waals surface area contributed by atoms with Crippen LogP contribution in [0.25, 0.3) is 0 Å². The zero-order valence-corrected chi connectivity index (χ0v) is 13.8. The number of ether oxygens (including phenoxy) is 1. The first-order chi connectivity index (χ1) is 10.4. The number of hydrogen-bond donors (Lipinski definition) is 2. The number of nitrogens with zero attached hydrogens (tertiary/aromatic N) is 1. The maximum absolute atomic E-state index is 11.5. The number of aliphatic hydroxyl groups excluding tert-OH is 1. The molecule has 0 heterocycles. The lowest BCUT2D eigenvalue weighted by atomic mass is 10.2. The molecule has 5 nitrogen and oxygen atoms in total. The van der Waals surface area contributed by atoms with E-state index in [2.05, 4.69) is 22.3 Å². The van der Waals surface area contributed by atoms with Crippen molar-refractivity contribution in [2.45, 2.75) is 39.3 Å². The van der Waals surface area contributed by atoms with Crippen molar-refractivity contribution in [3.8, 4) is 0 Å². The van der Waals surface area contributed by atoms with E-state index in [0.29, 0.717) is 13.1 Å². The van der Waals surface area contributed by atoms with Gasteiger partial charge in [-0.05, 0) is 32.8 Å². The van der Waals surface area contributed by atoms with Gasteiger partial charge in [0, 0.05) is 26.2 Å². The second kappa shape index (κ2) is 9.43. The average Bonchev–Trinajstić information content (AvgIpc) is 2.43. The van der Waals surface area contributed by atoms with Gasteiger partial charge in [-0.15, -0.1) is 0 Å². The second-order valence-electron chi connectivity index (χ2n) is 6.27. The van der Waals surface area contributed by atoms with Gasteiger partial charge in [0.05, 0.1) is 6.61 Å². The summed E-state index contributed by atoms with van der Waals surface area (Å²) in [5.41, 5.74) is 0.747. The summed E-state index contributed by atoms with van der Waals surface area (Å²) in [5.74, 6) is 0. The van der Waals surface area contributed by atoms with E-state index in [-0.39, 0.29) is 12.7 Å². The predicted molar refractivity (Wildman–Crippen MR) is 87.7 cm³/mol. The van der Waals surface area contributed by atoms with Gasteiger partial charge < -0.3 is 15.2 Å². The van der Waals surface area contributed by atoms with E-state index in [0.717, 1.165) is 19.5 Å². The van der Waals surface area contributed by atoms with Gasteiger partial charge in [0.15, 0.2) is 0 Å². The van der Waals surface area contributed by atoms with Gasteiger partial charge in [0.2, 0.25) is 0 Å². The highest BCUT2D eigenvalue weighted by Crippen LogP contribution is 2.07. The highest BCUT2D eigenvalue weighted by Gasteiger charge is 2.15. The average molecular weight is 308 g/mol. The SMILES string of the molecule is CC(C)(C)OC(=O)NCCCN(CCO)Cc1ccccc1. The Labute approximate surface area is 133 Å². The molecule has 0 spiro atoms. The van der Waals surface area contributed by atoms with Crippen molar-refractivity contribution in [2.24, 2.45) is 0 Å². The smallest absolute Gasteiger partial charge is 0.407 e. The number of alkyl carbamates (subject to hydrolysis) is 1. The van der Waals surface area contributed by atoms with E-state index >= 15 is 0 Å². The van der Waals surface area contributed by atoms with Crippen LogP contribution >= 0.6 is 0 Å². The van der Waals surface area contributed by atoms with E-state index in [9.17, 15) is 4.79 Å². The van der Waals surface area contributed by atoms with E-state index in [1.807, 2.05) is 39.0 Å². The lowest BCUT2D eigenvalue weighted by Gasteiger charge is -2.22. The molecule has 0 atom stereocenters. The molecule has 0 aliphatic rings. The number of benzene rings is 1. The third kappa shape index (κ3) is 8.64. The van der Waals surface area contributed by atoms with Gasteiger partial charge in [-0.1, -0.05) is 30.3 Å². The number of amides is 1. The molecule has 0 saturated heterocycles. The minimum absolute atomic E-state index is 0.131. The van der Waals surface area contributed by atoms with Gasteiger partial charge in [-0.2, -0.15) is 0 Å². The third-order valence-electron chi connectivity index (χ3n) is 2.98. The number of rotatable bonds is 8. The van der Waals surface area contributed by atoms with Crippen LogP contribution in [0.15, 0.2) is 30.3 Å². The van der Waals surface area contributed by atoms with E-state index in [1.165, 1.54) is 5.56 Å². The molecule has 124 valence electrons. The number of aliphatic hydroxyl groups is 1. The molecule has 1 rings (SSSR count). The molecular weight excluding hydrogens is 280 g/mol. The molecule has 0 aliphatic heterocycles. The molecule has 22 heavy (non-hydrogen) atoms. The van der Waals surface area contributed by atoms with E-state index in [4.69, 9.17) is 9.84 Å². The molecule has 0 bridgehead atoms. The van der Waals surface area contributed by atoms with Crippen LogP contribution in [0, 0.1) is 0 Å². The first kappa shape index (κ1) is 18.5. The maximum atomic E-state index is 11.5. The summed E-state index contributed by atoms with van der Waals surface area (Å²) in [6.45, 7) is 8.46. The number of carbonyl (C=O) groups is 1. The van der Waals surface area contributed by atoms with Gasteiger partial charge in [-0.3, -0.25) is 4.90 Å². The summed E-state index contributed by atoms with van der Waals surface area (Å²) < 4.78 is 5.18. The summed E-state index contributed by atoms with van der Waals surface area (Å²) >= 11 is 0. The summed E-state index contributed by atoms with van der Waals surface area (Å²) in [6, 6.07) is 10.2. The van der Waals surface area contributed by atoms with Gasteiger partial charge in [-0.25, -0.2) is 4.79 Å². The Balaban J connectivity index is 2.28. The van der Waals surface area contributed by atoms with Crippen molar-refractivity contribution in [1.82, 2.24) is 10.2 Å². The molecule has 1 amide bonds. The van der Waals surface area contributed by atoms with Crippen LogP contribution in [0.1, 0.15) is 32.8 Å². The van der Waals surface area contributed by atoms with Crippen LogP contribution in [0.5, 0.6) is 0 Å². The van der Waals surface area contributed by atoms with Crippen molar-refractivity contribution in [2.75, 3.05) is 26.2 Å². The fraction of sp³-hybridized carbons (Fsp3) is 0.588. The molecule has 5 heteroatoms. The van der Waals surface area contributed by atoms with E-state index < -0.39 is 5.60 Å². The Morgan fingerprint density at radius 1 is 1.23 bits per heavy atom. The van der Waals surface area contributed by atoms with Crippen LogP contribution in [-0.2, 0) is 11.3 Å². The molecule has 0 fully saturated rings. The standard InChI is InChI=1S/C17H28N2O3/c1-17(2,3)22-16(21)18-10-7-11-19(12-13-20)14-15-8-5-4-6-9-15/h4-6,8-9,20H,7,10-14H2,1-3H3,(H,18,21). The molecule has 0 aliphatic carbocycles. The topological polar surface area (TPSA) is 61.8 Å². The molecule has 2 N–H and O–H groups in total. The minimum Gasteiger partial charge on any atom is -0.444 e. The van der Waals surface area contributed by atoms with E-state index in [1.54, 1.807) is 0 Å². The molecular formula is C17H28N2O3. The molecule has 1 aromatic carbocycles. The highest BCUT2D eigenvalue weighted by atomic mass is 16.6. The van der Waals surface area contributed by atoms with Gasteiger partial charge in [0.1, 0.15) is 5.60 Å². The second-order valence-corrected chi connectivity index (χ2v) is 6.27. The fourth-order valence-electron chi connectivity index (χ4n) is 2.06. The molecule has 0 aromatic heterocycles. The third-order valence-corrected chi connectivity index (χ3v) is 2.98. The molecule has 0 radical (unpaired) electrons. The van der Waals surface area contributed by atoms with Crippen molar-refractivity contribution in [3.63, 3.8) is 0 Å². The summed E-state index contributed by atoms with van der Waals surface area (Å²) in [7, 11) is 0. The Kier molecular flexibility index (Phi) is 7.91. The molecule has 0 saturated carbocycles. The van der Waals surface area contributed by atoms with Crippen molar-refractivity contribution in [1.29, 1.82) is 0 Å². The summed E-state index contributed by atoms with van der Waals surface area (Å²) in [4.78, 5) is 13.7. The lowest BCUT2D eigenvalue weighted by molar-refractivity contribution is 0.0525. The summed E-state index contributed by atoms with van der Waals surface area (Å²) in [6.07, 6.45) is 0.427. The normalized spacial score (nSPS) is 11.5. The molecule has 0 unspecified atom stereocenters. The Hall–Kier alpha value is -1.59. The zero-order chi connectivity index (χ0) is 16.4. The molecule has 1 aromatic rings. The first-order valence-electron chi connectivity index (χ1n) is 7.75. The van der Waals surface area contributed by atoms with Crippen LogP contribution in [-0.4, -0.2) is 47.9 Å². The van der Waals surface area contributed by atoms with Crippen LogP contribution < -0.4 is 5.32 Å². The van der Waals surface area contributed by atoms with Gasteiger partial charge >= 0.3 is 6.09 Å². The maximum Gasteiger partial charge on any atom is 0.407 e. The zero-order valence-electron chi connectivity index (χ0n) is 13.8. The minimum atomic E-state index is -0.472. The Bertz CT molecular complexity index is 429. The van der Waals surface area contributed by atoms with Crippen molar-refractivity contribution < 1.29 is 14.6 Å². The Morgan fingerprint density at radius 3 is 2.50 bits per heavy atom. The number of hydrogen-bond acceptors (Lipinski definition) is 4. The summed E-state index contributed by atoms with van der Waals surface area (Å²) in [5, 5.41) is 11.9. The monoisotopic (exact) mass is 308 g/mol. The fourth-order valence-corrected chi connectivity index (χ4v) is 2.06. The van der Waals surface area contributed by atoms with Crippen LogP contribution in [0.4, 0.5) is 4.79 Å². The quantitative estimate of drug-likeness (QED) is 0.724. The van der Waals surface area contributed by atoms with Gasteiger partial charge in [0.25, 0.3) is 0 Å². The Morgan fingerprint density at radius 2 is 1.91 bits per heavy atom.